The third kappa shape index (κ3) is 4.51. The minimum absolute atomic E-state index is 0.149. The second-order valence-electron chi connectivity index (χ2n) is 12.0. The van der Waals surface area contributed by atoms with Crippen LogP contribution in [-0.2, 0) is 0 Å². The van der Waals surface area contributed by atoms with E-state index in [0.29, 0.717) is 5.89 Å². The van der Waals surface area contributed by atoms with Gasteiger partial charge < -0.3 is 0 Å². The van der Waals surface area contributed by atoms with Crippen LogP contribution in [0.4, 0.5) is 17.1 Å². The molecule has 0 aliphatic carbocycles. The molecular weight excluding hydrogens is 672 g/mol. The molecule has 226 valence electrons. The van der Waals surface area contributed by atoms with E-state index in [1.807, 2.05) is 35.6 Å². The summed E-state index contributed by atoms with van der Waals surface area (Å²) in [6.07, 6.45) is 0. The van der Waals surface area contributed by atoms with Crippen molar-refractivity contribution >= 4 is 93.5 Å². The predicted molar refractivity (Wildman–Crippen MR) is 204 cm³/mol. The first-order valence-electron chi connectivity index (χ1n) is 15.9. The van der Waals surface area contributed by atoms with Gasteiger partial charge in [-0.3, -0.25) is 0 Å². The molecule has 0 spiro atoms. The summed E-state index contributed by atoms with van der Waals surface area (Å²) in [4.78, 5) is 7.28. The number of aromatic nitrogens is 1. The number of fused-ring (bicyclic) bond motifs is 7. The quantitative estimate of drug-likeness (QED) is 0.168. The number of hydrogen-bond donors (Lipinski definition) is 0. The molecule has 0 radical (unpaired) electrons. The van der Waals surface area contributed by atoms with Crippen molar-refractivity contribution in [2.24, 2.45) is 0 Å². The van der Waals surface area contributed by atoms with E-state index in [9.17, 15) is 0 Å². The topological polar surface area (TPSA) is 29.3 Å². The van der Waals surface area contributed by atoms with Crippen molar-refractivity contribution in [1.29, 1.82) is 0 Å². The number of rotatable bonds is 5. The van der Waals surface area contributed by atoms with Crippen molar-refractivity contribution in [3.05, 3.63) is 158 Å². The molecule has 0 fully saturated rings. The third-order valence-electron chi connectivity index (χ3n) is 9.10. The number of benzene rings is 7. The first-order chi connectivity index (χ1) is 23.8. The molecule has 0 aliphatic heterocycles. The molecule has 3 heterocycles. The fourth-order valence-corrected chi connectivity index (χ4v) is 10.5. The standard InChI is InChI=1S/C43H26N2OSSe/c1-2-10-27(11-3-1)28-12-8-13-29(24-28)45(30-20-22-33-32-14-4-7-18-38(32)47-39(33)25-30)31-21-23-34-41(26-31)48-40-19-9-15-35(42(34)40)43-44-36-16-5-6-17-37(36)46-43/h1-26H. The Morgan fingerprint density at radius 2 is 1.25 bits per heavy atom. The summed E-state index contributed by atoms with van der Waals surface area (Å²) in [5.74, 6) is 0.678. The van der Waals surface area contributed by atoms with Gasteiger partial charge in [0, 0.05) is 0 Å². The van der Waals surface area contributed by atoms with Crippen LogP contribution in [0.1, 0.15) is 0 Å². The summed E-state index contributed by atoms with van der Waals surface area (Å²) in [6.45, 7) is 0. The first-order valence-corrected chi connectivity index (χ1v) is 18.5. The van der Waals surface area contributed by atoms with E-state index in [1.54, 1.807) is 0 Å². The summed E-state index contributed by atoms with van der Waals surface area (Å²) in [6, 6.07) is 56.6. The third-order valence-corrected chi connectivity index (χ3v) is 12.6. The van der Waals surface area contributed by atoms with Crippen LogP contribution in [-0.4, -0.2) is 19.5 Å². The summed E-state index contributed by atoms with van der Waals surface area (Å²) in [7, 11) is 0. The fraction of sp³-hybridized carbons (Fsp3) is 0. The van der Waals surface area contributed by atoms with Gasteiger partial charge in [0.05, 0.1) is 0 Å². The molecule has 0 saturated heterocycles. The van der Waals surface area contributed by atoms with Gasteiger partial charge in [-0.2, -0.15) is 0 Å². The van der Waals surface area contributed by atoms with Crippen LogP contribution in [0, 0.1) is 0 Å². The van der Waals surface area contributed by atoms with Gasteiger partial charge in [-0.25, -0.2) is 0 Å². The van der Waals surface area contributed by atoms with Crippen LogP contribution in [0.5, 0.6) is 0 Å². The van der Waals surface area contributed by atoms with Crippen LogP contribution in [0.15, 0.2) is 162 Å². The number of thiophene rings is 1. The van der Waals surface area contributed by atoms with Gasteiger partial charge in [0.25, 0.3) is 0 Å². The van der Waals surface area contributed by atoms with E-state index in [4.69, 9.17) is 9.40 Å². The summed E-state index contributed by atoms with van der Waals surface area (Å²) in [5.41, 5.74) is 8.58. The zero-order valence-electron chi connectivity index (χ0n) is 25.6. The Morgan fingerprint density at radius 3 is 2.17 bits per heavy atom. The van der Waals surface area contributed by atoms with Crippen molar-refractivity contribution in [3.63, 3.8) is 0 Å². The second-order valence-corrected chi connectivity index (χ2v) is 15.3. The van der Waals surface area contributed by atoms with Crippen LogP contribution < -0.4 is 4.90 Å². The molecule has 3 nitrogen and oxygen atoms in total. The summed E-state index contributed by atoms with van der Waals surface area (Å²) in [5, 5.41) is 5.13. The van der Waals surface area contributed by atoms with E-state index in [1.165, 1.54) is 50.6 Å². The van der Waals surface area contributed by atoms with Crippen molar-refractivity contribution in [2.75, 3.05) is 4.90 Å². The summed E-state index contributed by atoms with van der Waals surface area (Å²) >= 11 is 2.01. The Hall–Kier alpha value is -5.45. The normalized spacial score (nSPS) is 11.8. The second kappa shape index (κ2) is 11.1. The zero-order chi connectivity index (χ0) is 31.6. The number of nitrogens with zero attached hydrogens (tertiary/aromatic N) is 2. The SMILES string of the molecule is c1ccc(-c2cccc(N(c3ccc4c(c3)sc3ccccc34)c3ccc4c(c3)[se]c3cccc(-c5nc6ccccc6o5)c34)c2)cc1. The Balaban J connectivity index is 1.16. The van der Waals surface area contributed by atoms with Crippen LogP contribution >= 0.6 is 11.3 Å². The van der Waals surface area contributed by atoms with E-state index >= 15 is 0 Å². The monoisotopic (exact) mass is 698 g/mol. The molecule has 0 N–H and O–H groups in total. The molecule has 7 aromatic carbocycles. The molecule has 3 aromatic heterocycles. The average Bonchev–Trinajstić information content (AvgIpc) is 3.85. The van der Waals surface area contributed by atoms with E-state index in [0.717, 1.165) is 33.7 Å². The maximum absolute atomic E-state index is 6.27. The maximum atomic E-state index is 6.27. The minimum atomic E-state index is 0.149. The van der Waals surface area contributed by atoms with Crippen LogP contribution in [0.3, 0.4) is 0 Å². The molecule has 10 aromatic rings. The van der Waals surface area contributed by atoms with Gasteiger partial charge in [0.2, 0.25) is 0 Å². The molecule has 48 heavy (non-hydrogen) atoms. The molecule has 0 amide bonds. The molecule has 10 rings (SSSR count). The van der Waals surface area contributed by atoms with Crippen LogP contribution in [0.2, 0.25) is 0 Å². The number of hydrogen-bond acceptors (Lipinski definition) is 4. The fourth-order valence-electron chi connectivity index (χ4n) is 6.88. The van der Waals surface area contributed by atoms with Crippen molar-refractivity contribution in [3.8, 4) is 22.6 Å². The van der Waals surface area contributed by atoms with Crippen molar-refractivity contribution in [1.82, 2.24) is 4.98 Å². The molecule has 0 unspecified atom stereocenters. The Bertz CT molecular complexity index is 2780. The molecule has 0 saturated carbocycles. The molecule has 0 bridgehead atoms. The van der Waals surface area contributed by atoms with E-state index in [-0.39, 0.29) is 14.5 Å². The zero-order valence-corrected chi connectivity index (χ0v) is 28.2. The van der Waals surface area contributed by atoms with Gasteiger partial charge in [0.1, 0.15) is 0 Å². The molecular formula is C43H26N2OSSe. The van der Waals surface area contributed by atoms with Gasteiger partial charge in [0.15, 0.2) is 0 Å². The van der Waals surface area contributed by atoms with Crippen molar-refractivity contribution < 1.29 is 4.42 Å². The van der Waals surface area contributed by atoms with Gasteiger partial charge in [-0.1, -0.05) is 0 Å². The van der Waals surface area contributed by atoms with Crippen molar-refractivity contribution in [2.45, 2.75) is 0 Å². The Labute approximate surface area is 286 Å². The number of para-hydroxylation sites is 2. The van der Waals surface area contributed by atoms with Gasteiger partial charge in [-0.15, -0.1) is 0 Å². The molecule has 5 heteroatoms. The Morgan fingerprint density at radius 1 is 0.521 bits per heavy atom. The molecule has 0 atom stereocenters. The van der Waals surface area contributed by atoms with E-state index in [2.05, 4.69) is 138 Å². The van der Waals surface area contributed by atoms with E-state index < -0.39 is 0 Å². The van der Waals surface area contributed by atoms with Crippen LogP contribution in [0.25, 0.3) is 73.1 Å². The average molecular weight is 698 g/mol. The van der Waals surface area contributed by atoms with Gasteiger partial charge in [-0.05, 0) is 0 Å². The molecule has 0 aliphatic rings. The number of anilines is 3. The summed E-state index contributed by atoms with van der Waals surface area (Å²) < 4.78 is 11.6. The van der Waals surface area contributed by atoms with Gasteiger partial charge >= 0.3 is 288 Å². The predicted octanol–water partition coefficient (Wildman–Crippen LogP) is 12.4. The number of oxazole rings is 1. The Kier molecular flexibility index (Phi) is 6.38. The first kappa shape index (κ1) is 27.6.